The maximum Gasteiger partial charge on any atom is 0.0904 e. The Morgan fingerprint density at radius 3 is 2.75 bits per heavy atom. The quantitative estimate of drug-likeness (QED) is 0.849. The van der Waals surface area contributed by atoms with E-state index in [2.05, 4.69) is 18.9 Å². The summed E-state index contributed by atoms with van der Waals surface area (Å²) in [5.74, 6) is 0. The third-order valence-electron chi connectivity index (χ3n) is 4.13. The van der Waals surface area contributed by atoms with Gasteiger partial charge in [0, 0.05) is 12.6 Å². The Balaban J connectivity index is 2.04. The Morgan fingerprint density at radius 1 is 1.30 bits per heavy atom. The number of ether oxygens (including phenoxy) is 1. The molecule has 1 aliphatic carbocycles. The van der Waals surface area contributed by atoms with Gasteiger partial charge in [-0.2, -0.15) is 5.10 Å². The summed E-state index contributed by atoms with van der Waals surface area (Å²) in [5, 5.41) is 5.28. The summed E-state index contributed by atoms with van der Waals surface area (Å²) in [6.07, 6.45) is 6.81. The molecular weight excluding hydrogens is 274 g/mol. The predicted molar refractivity (Wildman–Crippen MR) is 81.9 cm³/mol. The zero-order valence-corrected chi connectivity index (χ0v) is 13.3. The molecule has 0 saturated heterocycles. The minimum atomic E-state index is 0.152. The minimum Gasteiger partial charge on any atom is -0.370 e. The van der Waals surface area contributed by atoms with E-state index in [4.69, 9.17) is 22.1 Å². The maximum atomic E-state index is 6.40. The lowest BCUT2D eigenvalue weighted by Gasteiger charge is -2.22. The molecule has 1 saturated carbocycles. The van der Waals surface area contributed by atoms with Crippen molar-refractivity contribution in [1.82, 2.24) is 9.78 Å². The topological polar surface area (TPSA) is 53.1 Å². The van der Waals surface area contributed by atoms with Crippen LogP contribution >= 0.6 is 11.6 Å². The molecule has 2 rings (SSSR count). The molecule has 0 aromatic carbocycles. The normalized spacial score (nSPS) is 23.8. The van der Waals surface area contributed by atoms with Gasteiger partial charge in [0.1, 0.15) is 0 Å². The number of hydrogen-bond acceptors (Lipinski definition) is 3. The maximum absolute atomic E-state index is 6.40. The van der Waals surface area contributed by atoms with E-state index in [0.29, 0.717) is 6.61 Å². The van der Waals surface area contributed by atoms with Gasteiger partial charge in [0.15, 0.2) is 0 Å². The molecule has 0 amide bonds. The number of aromatic nitrogens is 2. The van der Waals surface area contributed by atoms with Crippen molar-refractivity contribution in [3.05, 3.63) is 16.4 Å². The number of nitrogens with zero attached hydrogens (tertiary/aromatic N) is 2. The van der Waals surface area contributed by atoms with E-state index in [0.717, 1.165) is 42.2 Å². The Bertz CT molecular complexity index is 433. The molecule has 114 valence electrons. The van der Waals surface area contributed by atoms with Gasteiger partial charge in [-0.1, -0.05) is 37.8 Å². The highest BCUT2D eigenvalue weighted by molar-refractivity contribution is 6.31. The van der Waals surface area contributed by atoms with Crippen LogP contribution in [0.1, 0.15) is 57.3 Å². The van der Waals surface area contributed by atoms with Crippen molar-refractivity contribution in [2.45, 2.75) is 77.7 Å². The Kier molecular flexibility index (Phi) is 5.87. The van der Waals surface area contributed by atoms with Crippen LogP contribution < -0.4 is 5.73 Å². The van der Waals surface area contributed by atoms with Gasteiger partial charge in [0.2, 0.25) is 0 Å². The molecule has 4 nitrogen and oxygen atoms in total. The molecule has 2 unspecified atom stereocenters. The van der Waals surface area contributed by atoms with Crippen molar-refractivity contribution in [3.63, 3.8) is 0 Å². The summed E-state index contributed by atoms with van der Waals surface area (Å²) in [5.41, 5.74) is 8.15. The lowest BCUT2D eigenvalue weighted by atomic mass is 10.1. The molecule has 0 aliphatic heterocycles. The molecule has 1 aliphatic rings. The SMILES string of the molecule is CCc1nn(CC)c(COC2CCCCCC2N)c1Cl. The zero-order chi connectivity index (χ0) is 14.5. The van der Waals surface area contributed by atoms with E-state index < -0.39 is 0 Å². The van der Waals surface area contributed by atoms with Gasteiger partial charge in [0.05, 0.1) is 29.1 Å². The highest BCUT2D eigenvalue weighted by atomic mass is 35.5. The Hall–Kier alpha value is -0.580. The van der Waals surface area contributed by atoms with Crippen molar-refractivity contribution in [3.8, 4) is 0 Å². The van der Waals surface area contributed by atoms with E-state index in [1.54, 1.807) is 0 Å². The van der Waals surface area contributed by atoms with E-state index in [9.17, 15) is 0 Å². The average molecular weight is 300 g/mol. The second-order valence-electron chi connectivity index (χ2n) is 5.53. The molecule has 1 fully saturated rings. The summed E-state index contributed by atoms with van der Waals surface area (Å²) in [6.45, 7) is 5.47. The first-order valence-corrected chi connectivity index (χ1v) is 8.16. The van der Waals surface area contributed by atoms with Gasteiger partial charge in [-0.3, -0.25) is 4.68 Å². The number of rotatable bonds is 5. The summed E-state index contributed by atoms with van der Waals surface area (Å²) in [7, 11) is 0. The molecule has 0 spiro atoms. The molecule has 1 heterocycles. The second kappa shape index (κ2) is 7.43. The Morgan fingerprint density at radius 2 is 2.05 bits per heavy atom. The predicted octanol–water partition coefficient (Wildman–Crippen LogP) is 3.30. The Labute approximate surface area is 126 Å². The van der Waals surface area contributed by atoms with Gasteiger partial charge < -0.3 is 10.5 Å². The zero-order valence-electron chi connectivity index (χ0n) is 12.6. The van der Waals surface area contributed by atoms with Gasteiger partial charge in [-0.25, -0.2) is 0 Å². The fourth-order valence-electron chi connectivity index (χ4n) is 2.85. The van der Waals surface area contributed by atoms with Crippen LogP contribution in [0, 0.1) is 0 Å². The van der Waals surface area contributed by atoms with E-state index >= 15 is 0 Å². The standard InChI is InChI=1S/C15H26ClN3O/c1-3-12-15(16)13(19(4-2)18-12)10-20-14-9-7-5-6-8-11(14)17/h11,14H,3-10,17H2,1-2H3. The molecule has 1 aromatic rings. The summed E-state index contributed by atoms with van der Waals surface area (Å²) in [6, 6.07) is 0.153. The highest BCUT2D eigenvalue weighted by Crippen LogP contribution is 2.25. The van der Waals surface area contributed by atoms with Crippen molar-refractivity contribution in [1.29, 1.82) is 0 Å². The summed E-state index contributed by atoms with van der Waals surface area (Å²) >= 11 is 6.40. The van der Waals surface area contributed by atoms with E-state index in [1.807, 2.05) is 4.68 Å². The third kappa shape index (κ3) is 3.54. The van der Waals surface area contributed by atoms with Gasteiger partial charge in [-0.05, 0) is 26.2 Å². The third-order valence-corrected chi connectivity index (χ3v) is 4.57. The fraction of sp³-hybridized carbons (Fsp3) is 0.800. The first-order valence-electron chi connectivity index (χ1n) is 7.78. The van der Waals surface area contributed by atoms with Crippen molar-refractivity contribution >= 4 is 11.6 Å². The fourth-order valence-corrected chi connectivity index (χ4v) is 3.17. The molecule has 2 N–H and O–H groups in total. The molecule has 2 atom stereocenters. The van der Waals surface area contributed by atoms with Crippen LogP contribution in [-0.2, 0) is 24.3 Å². The van der Waals surface area contributed by atoms with Crippen LogP contribution in [0.15, 0.2) is 0 Å². The summed E-state index contributed by atoms with van der Waals surface area (Å²) < 4.78 is 8.02. The van der Waals surface area contributed by atoms with Crippen LogP contribution in [0.25, 0.3) is 0 Å². The van der Waals surface area contributed by atoms with E-state index in [1.165, 1.54) is 19.3 Å². The molecular formula is C15H26ClN3O. The van der Waals surface area contributed by atoms with Gasteiger partial charge in [-0.15, -0.1) is 0 Å². The first kappa shape index (κ1) is 15.8. The van der Waals surface area contributed by atoms with Crippen molar-refractivity contribution < 1.29 is 4.74 Å². The molecule has 20 heavy (non-hydrogen) atoms. The first-order chi connectivity index (χ1) is 9.67. The number of nitrogens with two attached hydrogens (primary N) is 1. The van der Waals surface area contributed by atoms with Crippen LogP contribution in [0.5, 0.6) is 0 Å². The molecule has 0 bridgehead atoms. The number of aryl methyl sites for hydroxylation is 2. The smallest absolute Gasteiger partial charge is 0.0904 e. The van der Waals surface area contributed by atoms with Crippen molar-refractivity contribution in [2.24, 2.45) is 5.73 Å². The number of hydrogen-bond donors (Lipinski definition) is 1. The minimum absolute atomic E-state index is 0.152. The monoisotopic (exact) mass is 299 g/mol. The molecule has 1 aromatic heterocycles. The molecule has 0 radical (unpaired) electrons. The molecule has 5 heteroatoms. The van der Waals surface area contributed by atoms with Crippen LogP contribution in [0.3, 0.4) is 0 Å². The highest BCUT2D eigenvalue weighted by Gasteiger charge is 2.22. The van der Waals surface area contributed by atoms with Gasteiger partial charge >= 0.3 is 0 Å². The summed E-state index contributed by atoms with van der Waals surface area (Å²) in [4.78, 5) is 0. The second-order valence-corrected chi connectivity index (χ2v) is 5.91. The van der Waals surface area contributed by atoms with E-state index in [-0.39, 0.29) is 12.1 Å². The van der Waals surface area contributed by atoms with Crippen LogP contribution in [-0.4, -0.2) is 21.9 Å². The van der Waals surface area contributed by atoms with Gasteiger partial charge in [0.25, 0.3) is 0 Å². The average Bonchev–Trinajstić information content (AvgIpc) is 2.61. The largest absolute Gasteiger partial charge is 0.370 e. The lowest BCUT2D eigenvalue weighted by Crippen LogP contribution is -2.35. The number of halogens is 1. The van der Waals surface area contributed by atoms with Crippen molar-refractivity contribution in [2.75, 3.05) is 0 Å². The lowest BCUT2D eigenvalue weighted by molar-refractivity contribution is 0.0161. The van der Waals surface area contributed by atoms with Crippen LogP contribution in [0.2, 0.25) is 5.02 Å². The van der Waals surface area contributed by atoms with Crippen LogP contribution in [0.4, 0.5) is 0 Å².